The minimum atomic E-state index is -2.20. The predicted octanol–water partition coefficient (Wildman–Crippen LogP) is 10.7. The van der Waals surface area contributed by atoms with E-state index in [4.69, 9.17) is 12.1 Å². The van der Waals surface area contributed by atoms with Crippen molar-refractivity contribution in [1.29, 1.82) is 0 Å². The molecule has 0 aliphatic rings. The summed E-state index contributed by atoms with van der Waals surface area (Å²) in [5, 5.41) is 2.23. The van der Waals surface area contributed by atoms with Crippen LogP contribution in [-0.2, 0) is 26.5 Å². The van der Waals surface area contributed by atoms with E-state index in [9.17, 15) is 0 Å². The number of rotatable bonds is 6. The third-order valence-electron chi connectivity index (χ3n) is 8.74. The van der Waals surface area contributed by atoms with Gasteiger partial charge in [-0.3, -0.25) is 9.97 Å². The molecule has 0 N–H and O–H groups in total. The molecule has 0 aliphatic heterocycles. The van der Waals surface area contributed by atoms with Gasteiger partial charge < -0.3 is 8.98 Å². The van der Waals surface area contributed by atoms with E-state index in [2.05, 4.69) is 88.1 Å². The number of hydrogen-bond donors (Lipinski definition) is 0. The molecular weight excluding hydrogens is 865 g/mol. The number of aryl methyl sites for hydroxylation is 2. The first-order valence-corrected chi connectivity index (χ1v) is 24.4. The van der Waals surface area contributed by atoms with Gasteiger partial charge in [0.15, 0.2) is 0 Å². The van der Waals surface area contributed by atoms with Crippen LogP contribution >= 0.6 is 0 Å². The Kier molecular flexibility index (Phi) is 9.99. The van der Waals surface area contributed by atoms with E-state index in [1.165, 1.54) is 5.56 Å². The predicted molar refractivity (Wildman–Crippen MR) is 210 cm³/mol. The molecule has 0 saturated heterocycles. The Balaban J connectivity index is 0.000000188. The largest absolute Gasteiger partial charge is 0 e. The molecule has 0 bridgehead atoms. The summed E-state index contributed by atoms with van der Waals surface area (Å²) in [6.45, 7) is 8.05. The first-order chi connectivity index (χ1) is 24.8. The van der Waals surface area contributed by atoms with Gasteiger partial charge >= 0.3 is 128 Å². The van der Waals surface area contributed by atoms with E-state index in [1.54, 1.807) is 6.20 Å². The van der Waals surface area contributed by atoms with Gasteiger partial charge in [-0.05, 0) is 36.8 Å². The molecule has 259 valence electrons. The molecule has 7 heteroatoms. The van der Waals surface area contributed by atoms with E-state index in [-0.39, 0.29) is 26.0 Å². The van der Waals surface area contributed by atoms with Gasteiger partial charge in [0.2, 0.25) is 0 Å². The number of imidazole rings is 1. The van der Waals surface area contributed by atoms with Gasteiger partial charge in [0.1, 0.15) is 5.58 Å². The Labute approximate surface area is 319 Å². The van der Waals surface area contributed by atoms with Gasteiger partial charge in [0.05, 0.1) is 28.6 Å². The monoisotopic (exact) mass is 911 g/mol. The molecule has 4 aromatic carbocycles. The summed E-state index contributed by atoms with van der Waals surface area (Å²) >= 11 is -2.20. The maximum absolute atomic E-state index is 8.56. The molecule has 5 nitrogen and oxygen atoms in total. The van der Waals surface area contributed by atoms with Crippen molar-refractivity contribution in [3.8, 4) is 28.3 Å². The van der Waals surface area contributed by atoms with E-state index in [1.807, 2.05) is 86.9 Å². The van der Waals surface area contributed by atoms with E-state index >= 15 is 0 Å². The maximum Gasteiger partial charge on any atom is 0 e. The number of nitrogens with zero attached hydrogens (tertiary/aromatic N) is 4. The van der Waals surface area contributed by atoms with E-state index in [0.29, 0.717) is 0 Å². The van der Waals surface area contributed by atoms with E-state index < -0.39 is 19.6 Å². The zero-order valence-corrected chi connectivity index (χ0v) is 34.5. The fourth-order valence-corrected chi connectivity index (χ4v) is 9.32. The number of aromatic nitrogens is 4. The quantitative estimate of drug-likeness (QED) is 0.123. The van der Waals surface area contributed by atoms with Gasteiger partial charge in [-0.25, -0.2) is 0 Å². The van der Waals surface area contributed by atoms with Crippen molar-refractivity contribution in [2.45, 2.75) is 51.3 Å². The average Bonchev–Trinajstić information content (AvgIpc) is 3.71. The number of para-hydroxylation sites is 1. The summed E-state index contributed by atoms with van der Waals surface area (Å²) in [5.74, 6) is 7.57. The van der Waals surface area contributed by atoms with Crippen LogP contribution in [0.1, 0.15) is 33.3 Å². The Bertz CT molecular complexity index is 2540. The molecule has 0 amide bonds. The molecule has 0 spiro atoms. The van der Waals surface area contributed by atoms with Crippen molar-refractivity contribution in [3.05, 3.63) is 138 Å². The number of pyridine rings is 2. The molecule has 0 atom stereocenters. The average molecular weight is 910 g/mol. The van der Waals surface area contributed by atoms with Gasteiger partial charge in [0.25, 0.3) is 0 Å². The molecule has 8 aromatic rings. The molecule has 8 rings (SSSR count). The SMILES string of the molecule is Cc1ccc2c(c1)oc1c(-c3nc4ccncc4n3-c3ccccc3)[c-]cc(C)c12.[2H]C([2H])(c1cc(-c2[c-]cccc2)nc[c]1[Ge]([CH3])([CH3])[CH3])C(C)C.[Ir]. The zero-order valence-electron chi connectivity index (χ0n) is 32.0. The molecular formula is C44H42GeIrN4O-2. The maximum atomic E-state index is 8.56. The summed E-state index contributed by atoms with van der Waals surface area (Å²) in [6.07, 6.45) is 4.19. The molecule has 0 saturated carbocycles. The topological polar surface area (TPSA) is 56.7 Å². The van der Waals surface area contributed by atoms with Crippen LogP contribution < -0.4 is 4.40 Å². The first-order valence-electron chi connectivity index (χ1n) is 18.0. The minimum Gasteiger partial charge on any atom is 0 e. The summed E-state index contributed by atoms with van der Waals surface area (Å²) in [6, 6.07) is 36.8. The van der Waals surface area contributed by atoms with Crippen molar-refractivity contribution in [2.75, 3.05) is 0 Å². The van der Waals surface area contributed by atoms with Gasteiger partial charge in [0, 0.05) is 37.4 Å². The van der Waals surface area contributed by atoms with Gasteiger partial charge in [-0.2, -0.15) is 0 Å². The molecule has 1 radical (unpaired) electrons. The van der Waals surface area contributed by atoms with Gasteiger partial charge in [-0.15, -0.1) is 17.7 Å². The fraction of sp³-hybridized carbons (Fsp3) is 0.205. The second-order valence-electron chi connectivity index (χ2n) is 14.1. The van der Waals surface area contributed by atoms with Crippen LogP contribution in [0, 0.1) is 31.9 Å². The molecule has 0 fully saturated rings. The summed E-state index contributed by atoms with van der Waals surface area (Å²) in [5.41, 5.74) is 10.3. The van der Waals surface area contributed by atoms with Crippen LogP contribution in [-0.4, -0.2) is 32.8 Å². The third-order valence-corrected chi connectivity index (χ3v) is 13.0. The van der Waals surface area contributed by atoms with Crippen LogP contribution in [0.25, 0.3) is 61.3 Å². The van der Waals surface area contributed by atoms with Crippen LogP contribution in [0.15, 0.2) is 114 Å². The van der Waals surface area contributed by atoms with Crippen LogP contribution in [0.5, 0.6) is 0 Å². The van der Waals surface area contributed by atoms with Crippen molar-refractivity contribution in [2.24, 2.45) is 5.92 Å². The summed E-state index contributed by atoms with van der Waals surface area (Å²) in [7, 11) is 0. The zero-order chi connectivity index (χ0) is 36.8. The Morgan fingerprint density at radius 3 is 2.43 bits per heavy atom. The van der Waals surface area contributed by atoms with Crippen LogP contribution in [0.4, 0.5) is 0 Å². The minimum absolute atomic E-state index is 0. The number of hydrogen-bond acceptors (Lipinski definition) is 4. The normalized spacial score (nSPS) is 12.4. The Hall–Kier alpha value is -4.36. The van der Waals surface area contributed by atoms with Crippen LogP contribution in [0.3, 0.4) is 0 Å². The smallest absolute Gasteiger partial charge is 0 e. The first kappa shape index (κ1) is 33.8. The molecule has 4 heterocycles. The fourth-order valence-electron chi connectivity index (χ4n) is 6.37. The van der Waals surface area contributed by atoms with Crippen molar-refractivity contribution in [1.82, 2.24) is 19.5 Å². The van der Waals surface area contributed by atoms with Crippen molar-refractivity contribution in [3.63, 3.8) is 0 Å². The van der Waals surface area contributed by atoms with Crippen molar-refractivity contribution < 1.29 is 27.3 Å². The number of benzene rings is 4. The van der Waals surface area contributed by atoms with Crippen LogP contribution in [0.2, 0.25) is 17.3 Å². The van der Waals surface area contributed by atoms with Crippen molar-refractivity contribution >= 4 is 50.6 Å². The molecule has 0 unspecified atom stereocenters. The second-order valence-corrected chi connectivity index (χ2v) is 24.6. The molecule has 51 heavy (non-hydrogen) atoms. The van der Waals surface area contributed by atoms with E-state index in [0.717, 1.165) is 76.8 Å². The number of furan rings is 1. The summed E-state index contributed by atoms with van der Waals surface area (Å²) in [4.78, 5) is 13.9. The molecule has 0 aliphatic carbocycles. The second kappa shape index (κ2) is 15.1. The summed E-state index contributed by atoms with van der Waals surface area (Å²) < 4.78 is 26.8. The molecule has 4 aromatic heterocycles. The third kappa shape index (κ3) is 7.50. The Morgan fingerprint density at radius 2 is 1.71 bits per heavy atom. The number of fused-ring (bicyclic) bond motifs is 4. The Morgan fingerprint density at radius 1 is 0.922 bits per heavy atom. The van der Waals surface area contributed by atoms with Gasteiger partial charge in [-0.1, -0.05) is 48.2 Å². The standard InChI is InChI=1S/C26H18N3O.C18H24GeN.Ir/c1-16-8-10-19-23(14-16)30-25-20(11-9-17(2)24(19)25)26-28-21-12-13-27-15-22(21)29(26)18-6-4-3-5-7-18;1-14(2)11-16-12-18(15-9-7-6-8-10-15)20-13-17(16)19(3,4)5;/h3-10,12-15H,1-2H3;6-9,12-14H,11H2,1-5H3;/q2*-1;/i;11D2;.